The van der Waals surface area contributed by atoms with Crippen molar-refractivity contribution in [2.24, 2.45) is 0 Å². The molecule has 0 aliphatic rings. The first-order valence-corrected chi connectivity index (χ1v) is 20.5. The number of rotatable bonds is 36. The van der Waals surface area contributed by atoms with Gasteiger partial charge in [0.15, 0.2) is 0 Å². The Morgan fingerprint density at radius 1 is 0.471 bits per heavy atom. The van der Waals surface area contributed by atoms with E-state index >= 15 is 0 Å². The monoisotopic (exact) mass is 705 g/mol. The van der Waals surface area contributed by atoms with Crippen LogP contribution < -0.4 is 0 Å². The molecule has 0 aliphatic heterocycles. The molecule has 0 bridgehead atoms. The highest BCUT2D eigenvalue weighted by molar-refractivity contribution is 5.69. The lowest BCUT2D eigenvalue weighted by molar-refractivity contribution is -0.154. The van der Waals surface area contributed by atoms with Gasteiger partial charge in [-0.05, 0) is 96.3 Å². The Labute approximate surface area is 315 Å². The predicted molar refractivity (Wildman–Crippen MR) is 223 cm³/mol. The minimum absolute atomic E-state index is 0.196. The summed E-state index contributed by atoms with van der Waals surface area (Å²) in [4.78, 5) is 12.2. The molecular formula is C47H76O4. The van der Waals surface area contributed by atoms with Crippen LogP contribution in [0.2, 0.25) is 0 Å². The summed E-state index contributed by atoms with van der Waals surface area (Å²) in [7, 11) is 0. The number of carbonyl (C=O) groups is 1. The molecule has 1 N–H and O–H groups in total. The van der Waals surface area contributed by atoms with E-state index in [1.165, 1.54) is 32.1 Å². The maximum atomic E-state index is 12.2. The topological polar surface area (TPSA) is 55.8 Å². The SMILES string of the molecule is CC/C=C\C/C=C\C/C=C\C/C=C\C/C=C\CCCCCCOCC(CO)OC(=O)CCCCCCCC/C=C\C/C=C\C/C=C\C/C=C\CC. The van der Waals surface area contributed by atoms with Gasteiger partial charge >= 0.3 is 5.97 Å². The van der Waals surface area contributed by atoms with Gasteiger partial charge in [0.2, 0.25) is 0 Å². The molecule has 4 nitrogen and oxygen atoms in total. The Balaban J connectivity index is 3.58. The molecule has 288 valence electrons. The summed E-state index contributed by atoms with van der Waals surface area (Å²) in [5, 5.41) is 9.59. The molecule has 0 amide bonds. The summed E-state index contributed by atoms with van der Waals surface area (Å²) >= 11 is 0. The van der Waals surface area contributed by atoms with Crippen molar-refractivity contribution in [2.45, 2.75) is 161 Å². The number of aliphatic hydroxyl groups excluding tert-OH is 1. The number of allylic oxidation sites excluding steroid dienone is 18. The standard InChI is InChI=1S/C47H76O4/c1-3-5-7-9-11-13-15-17-19-21-23-25-27-29-31-33-35-37-39-41-43-50-45-46(44-48)51-47(49)42-40-38-36-34-32-30-28-26-24-22-20-18-16-14-12-10-8-6-4-2/h5-8,11-14,17-20,23-26,29,31,46,48H,3-4,9-10,15-16,21-22,27-28,30,32-45H2,1-2H3/b7-5-,8-6-,13-11-,14-12-,19-17-,20-18-,25-23-,26-24-,31-29-. The zero-order valence-corrected chi connectivity index (χ0v) is 32.8. The number of hydrogen-bond acceptors (Lipinski definition) is 4. The van der Waals surface area contributed by atoms with Crippen molar-refractivity contribution in [3.8, 4) is 0 Å². The number of aliphatic hydroxyl groups is 1. The Bertz CT molecular complexity index is 1010. The molecule has 0 aliphatic carbocycles. The highest BCUT2D eigenvalue weighted by Gasteiger charge is 2.13. The molecule has 0 aromatic carbocycles. The molecule has 0 heterocycles. The van der Waals surface area contributed by atoms with Gasteiger partial charge in [-0.25, -0.2) is 0 Å². The van der Waals surface area contributed by atoms with Crippen LogP contribution in [-0.4, -0.2) is 37.0 Å². The second-order valence-electron chi connectivity index (χ2n) is 12.9. The lowest BCUT2D eigenvalue weighted by atomic mass is 10.1. The van der Waals surface area contributed by atoms with E-state index in [9.17, 15) is 9.90 Å². The van der Waals surface area contributed by atoms with Gasteiger partial charge in [0.05, 0.1) is 13.2 Å². The third kappa shape index (κ3) is 41.4. The van der Waals surface area contributed by atoms with Crippen LogP contribution in [0, 0.1) is 0 Å². The number of esters is 1. The van der Waals surface area contributed by atoms with E-state index < -0.39 is 6.10 Å². The van der Waals surface area contributed by atoms with E-state index in [2.05, 4.69) is 123 Å². The molecule has 1 atom stereocenters. The average Bonchev–Trinajstić information content (AvgIpc) is 3.14. The van der Waals surface area contributed by atoms with Gasteiger partial charge in [0, 0.05) is 13.0 Å². The van der Waals surface area contributed by atoms with Gasteiger partial charge in [0.1, 0.15) is 6.10 Å². The Morgan fingerprint density at radius 2 is 0.824 bits per heavy atom. The van der Waals surface area contributed by atoms with Crippen LogP contribution in [0.25, 0.3) is 0 Å². The smallest absolute Gasteiger partial charge is 0.306 e. The van der Waals surface area contributed by atoms with Crippen LogP contribution in [0.5, 0.6) is 0 Å². The molecule has 0 aromatic heterocycles. The van der Waals surface area contributed by atoms with Crippen LogP contribution >= 0.6 is 0 Å². The van der Waals surface area contributed by atoms with Crippen molar-refractivity contribution >= 4 is 5.97 Å². The zero-order chi connectivity index (χ0) is 37.0. The van der Waals surface area contributed by atoms with Crippen LogP contribution in [0.15, 0.2) is 109 Å². The van der Waals surface area contributed by atoms with E-state index in [0.29, 0.717) is 13.0 Å². The molecule has 0 radical (unpaired) electrons. The summed E-state index contributed by atoms with van der Waals surface area (Å²) in [5.41, 5.74) is 0. The fourth-order valence-electron chi connectivity index (χ4n) is 5.11. The lowest BCUT2D eigenvalue weighted by Crippen LogP contribution is -2.27. The molecule has 1 unspecified atom stereocenters. The molecule has 0 spiro atoms. The average molecular weight is 705 g/mol. The Hall–Kier alpha value is -2.95. The first-order chi connectivity index (χ1) is 25.2. The highest BCUT2D eigenvalue weighted by atomic mass is 16.6. The van der Waals surface area contributed by atoms with Gasteiger partial charge in [-0.2, -0.15) is 0 Å². The van der Waals surface area contributed by atoms with Crippen molar-refractivity contribution in [1.82, 2.24) is 0 Å². The van der Waals surface area contributed by atoms with E-state index in [4.69, 9.17) is 9.47 Å². The summed E-state index contributed by atoms with van der Waals surface area (Å²) in [6.07, 6.45) is 62.8. The third-order valence-electron chi connectivity index (χ3n) is 8.09. The third-order valence-corrected chi connectivity index (χ3v) is 8.09. The first-order valence-electron chi connectivity index (χ1n) is 20.5. The molecule has 4 heteroatoms. The summed E-state index contributed by atoms with van der Waals surface area (Å²) in [6, 6.07) is 0. The van der Waals surface area contributed by atoms with Crippen LogP contribution in [-0.2, 0) is 14.3 Å². The van der Waals surface area contributed by atoms with Gasteiger partial charge in [-0.1, -0.05) is 162 Å². The molecule has 0 aromatic rings. The summed E-state index contributed by atoms with van der Waals surface area (Å²) < 4.78 is 11.1. The van der Waals surface area contributed by atoms with Crippen LogP contribution in [0.4, 0.5) is 0 Å². The maximum absolute atomic E-state index is 12.2. The van der Waals surface area contributed by atoms with Crippen molar-refractivity contribution in [1.29, 1.82) is 0 Å². The second-order valence-corrected chi connectivity index (χ2v) is 12.9. The van der Waals surface area contributed by atoms with E-state index in [1.807, 2.05) is 0 Å². The minimum Gasteiger partial charge on any atom is -0.457 e. The number of ether oxygens (including phenoxy) is 2. The first kappa shape index (κ1) is 48.0. The normalized spacial score (nSPS) is 13.5. The van der Waals surface area contributed by atoms with E-state index in [0.717, 1.165) is 103 Å². The van der Waals surface area contributed by atoms with Crippen molar-refractivity contribution in [3.63, 3.8) is 0 Å². The highest BCUT2D eigenvalue weighted by Crippen LogP contribution is 2.11. The predicted octanol–water partition coefficient (Wildman–Crippen LogP) is 13.5. The van der Waals surface area contributed by atoms with Gasteiger partial charge in [-0.15, -0.1) is 0 Å². The van der Waals surface area contributed by atoms with Crippen molar-refractivity contribution < 1.29 is 19.4 Å². The maximum Gasteiger partial charge on any atom is 0.306 e. The second kappa shape index (κ2) is 43.2. The number of unbranched alkanes of at least 4 members (excludes halogenated alkanes) is 10. The molecule has 0 saturated carbocycles. The molecule has 0 fully saturated rings. The van der Waals surface area contributed by atoms with E-state index in [-0.39, 0.29) is 19.2 Å². The zero-order valence-electron chi connectivity index (χ0n) is 32.8. The minimum atomic E-state index is -0.564. The molecular weight excluding hydrogens is 629 g/mol. The fourth-order valence-corrected chi connectivity index (χ4v) is 5.11. The van der Waals surface area contributed by atoms with Crippen LogP contribution in [0.3, 0.4) is 0 Å². The molecule has 51 heavy (non-hydrogen) atoms. The van der Waals surface area contributed by atoms with Gasteiger partial charge < -0.3 is 14.6 Å². The fraction of sp³-hybridized carbons (Fsp3) is 0.596. The quantitative estimate of drug-likeness (QED) is 0.0401. The van der Waals surface area contributed by atoms with Crippen molar-refractivity contribution in [3.05, 3.63) is 109 Å². The Morgan fingerprint density at radius 3 is 1.24 bits per heavy atom. The molecule has 0 saturated heterocycles. The summed E-state index contributed by atoms with van der Waals surface area (Å²) in [5.74, 6) is -0.230. The summed E-state index contributed by atoms with van der Waals surface area (Å²) in [6.45, 7) is 5.02. The van der Waals surface area contributed by atoms with Crippen LogP contribution in [0.1, 0.15) is 155 Å². The Kier molecular flexibility index (Phi) is 40.7. The lowest BCUT2D eigenvalue weighted by Gasteiger charge is -2.15. The number of hydrogen-bond donors (Lipinski definition) is 1. The van der Waals surface area contributed by atoms with Crippen molar-refractivity contribution in [2.75, 3.05) is 19.8 Å². The molecule has 0 rings (SSSR count). The largest absolute Gasteiger partial charge is 0.457 e. The van der Waals surface area contributed by atoms with Gasteiger partial charge in [-0.3, -0.25) is 4.79 Å². The van der Waals surface area contributed by atoms with Gasteiger partial charge in [0.25, 0.3) is 0 Å². The van der Waals surface area contributed by atoms with E-state index in [1.54, 1.807) is 0 Å². The number of carbonyl (C=O) groups excluding carboxylic acids is 1.